The van der Waals surface area contributed by atoms with Gasteiger partial charge < -0.3 is 15.3 Å². The first-order chi connectivity index (χ1) is 9.16. The summed E-state index contributed by atoms with van der Waals surface area (Å²) in [5.41, 5.74) is 1.15. The van der Waals surface area contributed by atoms with Crippen LogP contribution >= 0.6 is 0 Å². The van der Waals surface area contributed by atoms with Gasteiger partial charge in [-0.25, -0.2) is 9.59 Å². The van der Waals surface area contributed by atoms with Crippen molar-refractivity contribution in [3.63, 3.8) is 0 Å². The monoisotopic (exact) mass is 262 g/mol. The maximum Gasteiger partial charge on any atom is 0.335 e. The lowest BCUT2D eigenvalue weighted by molar-refractivity contribution is 0.0697. The first-order valence-electron chi connectivity index (χ1n) is 6.52. The Balaban J connectivity index is 1.84. The van der Waals surface area contributed by atoms with Gasteiger partial charge in [0, 0.05) is 19.6 Å². The summed E-state index contributed by atoms with van der Waals surface area (Å²) in [5, 5.41) is 11.6. The molecule has 1 aromatic carbocycles. The fourth-order valence-corrected chi connectivity index (χ4v) is 2.15. The van der Waals surface area contributed by atoms with Gasteiger partial charge in [-0.15, -0.1) is 0 Å². The molecule has 1 aliphatic heterocycles. The molecule has 0 aliphatic carbocycles. The number of urea groups is 1. The van der Waals surface area contributed by atoms with E-state index in [1.807, 2.05) is 4.90 Å². The third-order valence-corrected chi connectivity index (χ3v) is 3.29. The number of rotatable bonds is 3. The zero-order valence-electron chi connectivity index (χ0n) is 10.8. The largest absolute Gasteiger partial charge is 0.478 e. The molecule has 0 spiro atoms. The van der Waals surface area contributed by atoms with E-state index >= 15 is 0 Å². The molecule has 0 atom stereocenters. The van der Waals surface area contributed by atoms with E-state index in [0.29, 0.717) is 6.54 Å². The zero-order chi connectivity index (χ0) is 13.7. The summed E-state index contributed by atoms with van der Waals surface area (Å²) in [4.78, 5) is 24.4. The van der Waals surface area contributed by atoms with Crippen molar-refractivity contribution in [2.75, 3.05) is 13.1 Å². The minimum atomic E-state index is -0.941. The average Bonchev–Trinajstić information content (AvgIpc) is 2.46. The summed E-state index contributed by atoms with van der Waals surface area (Å²) in [6.07, 6.45) is 3.34. The van der Waals surface area contributed by atoms with Crippen molar-refractivity contribution in [2.45, 2.75) is 25.8 Å². The highest BCUT2D eigenvalue weighted by atomic mass is 16.4. The van der Waals surface area contributed by atoms with Gasteiger partial charge in [-0.3, -0.25) is 0 Å². The van der Waals surface area contributed by atoms with Crippen LogP contribution in [0.1, 0.15) is 35.2 Å². The molecule has 0 radical (unpaired) electrons. The van der Waals surface area contributed by atoms with Crippen molar-refractivity contribution in [1.29, 1.82) is 0 Å². The average molecular weight is 262 g/mol. The number of amides is 2. The lowest BCUT2D eigenvalue weighted by atomic mass is 10.1. The van der Waals surface area contributed by atoms with Crippen LogP contribution in [0.3, 0.4) is 0 Å². The van der Waals surface area contributed by atoms with Gasteiger partial charge in [-0.2, -0.15) is 0 Å². The molecule has 2 N–H and O–H groups in total. The zero-order valence-corrected chi connectivity index (χ0v) is 10.8. The van der Waals surface area contributed by atoms with Crippen LogP contribution in [-0.4, -0.2) is 35.1 Å². The Kier molecular flexibility index (Phi) is 4.39. The van der Waals surface area contributed by atoms with Crippen LogP contribution in [0, 0.1) is 0 Å². The molecule has 1 aromatic rings. The number of nitrogens with one attached hydrogen (secondary N) is 1. The van der Waals surface area contributed by atoms with Gasteiger partial charge in [-0.1, -0.05) is 12.1 Å². The Morgan fingerprint density at radius 1 is 1.11 bits per heavy atom. The number of likely N-dealkylation sites (tertiary alicyclic amines) is 1. The number of carbonyl (C=O) groups excluding carboxylic acids is 1. The Morgan fingerprint density at radius 2 is 1.74 bits per heavy atom. The van der Waals surface area contributed by atoms with Crippen LogP contribution < -0.4 is 5.32 Å². The van der Waals surface area contributed by atoms with Crippen LogP contribution in [0.2, 0.25) is 0 Å². The van der Waals surface area contributed by atoms with Crippen molar-refractivity contribution in [3.05, 3.63) is 35.4 Å². The molecule has 2 amide bonds. The lowest BCUT2D eigenvalue weighted by Gasteiger charge is -2.26. The summed E-state index contributed by atoms with van der Waals surface area (Å²) in [5.74, 6) is -0.941. The van der Waals surface area contributed by atoms with Gasteiger partial charge >= 0.3 is 12.0 Å². The van der Waals surface area contributed by atoms with E-state index in [0.717, 1.165) is 31.5 Å². The van der Waals surface area contributed by atoms with E-state index < -0.39 is 5.97 Å². The molecule has 5 heteroatoms. The predicted molar refractivity (Wildman–Crippen MR) is 71.1 cm³/mol. The Bertz CT molecular complexity index is 450. The number of piperidine rings is 1. The molecule has 1 heterocycles. The second-order valence-electron chi connectivity index (χ2n) is 4.71. The second-order valence-corrected chi connectivity index (χ2v) is 4.71. The van der Waals surface area contributed by atoms with Crippen molar-refractivity contribution in [2.24, 2.45) is 0 Å². The molecule has 0 unspecified atom stereocenters. The number of nitrogens with zero attached hydrogens (tertiary/aromatic N) is 1. The number of carbonyl (C=O) groups is 2. The van der Waals surface area contributed by atoms with E-state index in [-0.39, 0.29) is 11.6 Å². The van der Waals surface area contributed by atoms with Gasteiger partial charge in [0.05, 0.1) is 5.56 Å². The molecular formula is C14H18N2O3. The third-order valence-electron chi connectivity index (χ3n) is 3.29. The number of aromatic carboxylic acids is 1. The molecule has 1 fully saturated rings. The highest BCUT2D eigenvalue weighted by molar-refractivity contribution is 5.87. The van der Waals surface area contributed by atoms with E-state index in [2.05, 4.69) is 5.32 Å². The van der Waals surface area contributed by atoms with Crippen LogP contribution in [0.15, 0.2) is 24.3 Å². The minimum absolute atomic E-state index is 0.0398. The first kappa shape index (κ1) is 13.4. The quantitative estimate of drug-likeness (QED) is 0.876. The summed E-state index contributed by atoms with van der Waals surface area (Å²) < 4.78 is 0. The van der Waals surface area contributed by atoms with Gasteiger partial charge in [0.1, 0.15) is 0 Å². The molecule has 5 nitrogen and oxygen atoms in total. The van der Waals surface area contributed by atoms with Crippen molar-refractivity contribution >= 4 is 12.0 Å². The number of hydrogen-bond donors (Lipinski definition) is 2. The normalized spacial score (nSPS) is 15.1. The summed E-state index contributed by atoms with van der Waals surface area (Å²) in [7, 11) is 0. The summed E-state index contributed by atoms with van der Waals surface area (Å²) in [6, 6.07) is 6.50. The Labute approximate surface area is 112 Å². The highest BCUT2D eigenvalue weighted by Gasteiger charge is 2.15. The summed E-state index contributed by atoms with van der Waals surface area (Å²) >= 11 is 0. The van der Waals surface area contributed by atoms with Crippen molar-refractivity contribution < 1.29 is 14.7 Å². The van der Waals surface area contributed by atoms with E-state index in [1.54, 1.807) is 24.3 Å². The molecule has 0 aromatic heterocycles. The Hall–Kier alpha value is -2.04. The first-order valence-corrected chi connectivity index (χ1v) is 6.52. The molecule has 1 aliphatic rings. The topological polar surface area (TPSA) is 69.6 Å². The predicted octanol–water partition coefficient (Wildman–Crippen LogP) is 2.08. The third kappa shape index (κ3) is 3.71. The lowest BCUT2D eigenvalue weighted by Crippen LogP contribution is -2.42. The highest BCUT2D eigenvalue weighted by Crippen LogP contribution is 2.09. The van der Waals surface area contributed by atoms with E-state index in [4.69, 9.17) is 5.11 Å². The molecule has 0 bridgehead atoms. The van der Waals surface area contributed by atoms with Crippen LogP contribution in [-0.2, 0) is 6.54 Å². The van der Waals surface area contributed by atoms with Crippen LogP contribution in [0.4, 0.5) is 4.79 Å². The van der Waals surface area contributed by atoms with Gasteiger partial charge in [0.25, 0.3) is 0 Å². The smallest absolute Gasteiger partial charge is 0.335 e. The molecule has 102 valence electrons. The molecular weight excluding hydrogens is 244 g/mol. The standard InChI is InChI=1S/C14H18N2O3/c17-13(18)12-6-4-11(5-7-12)10-15-14(19)16-8-2-1-3-9-16/h4-7H,1-3,8-10H2,(H,15,19)(H,17,18). The van der Waals surface area contributed by atoms with Crippen molar-refractivity contribution in [3.8, 4) is 0 Å². The Morgan fingerprint density at radius 3 is 2.32 bits per heavy atom. The molecule has 2 rings (SSSR count). The fourth-order valence-electron chi connectivity index (χ4n) is 2.15. The SMILES string of the molecule is O=C(O)c1ccc(CNC(=O)N2CCCCC2)cc1. The molecule has 1 saturated heterocycles. The summed E-state index contributed by atoms with van der Waals surface area (Å²) in [6.45, 7) is 2.07. The number of carboxylic acid groups (broad SMARTS) is 1. The van der Waals surface area contributed by atoms with Gasteiger partial charge in [0.15, 0.2) is 0 Å². The van der Waals surface area contributed by atoms with Crippen LogP contribution in [0.25, 0.3) is 0 Å². The maximum absolute atomic E-state index is 11.9. The second kappa shape index (κ2) is 6.22. The molecule has 0 saturated carbocycles. The van der Waals surface area contributed by atoms with E-state index in [1.165, 1.54) is 6.42 Å². The number of carboxylic acids is 1. The van der Waals surface area contributed by atoms with Crippen LogP contribution in [0.5, 0.6) is 0 Å². The fraction of sp³-hybridized carbons (Fsp3) is 0.429. The van der Waals surface area contributed by atoms with Gasteiger partial charge in [-0.05, 0) is 37.0 Å². The number of hydrogen-bond acceptors (Lipinski definition) is 2. The maximum atomic E-state index is 11.9. The number of benzene rings is 1. The van der Waals surface area contributed by atoms with Gasteiger partial charge in [0.2, 0.25) is 0 Å². The van der Waals surface area contributed by atoms with E-state index in [9.17, 15) is 9.59 Å². The molecule has 19 heavy (non-hydrogen) atoms. The minimum Gasteiger partial charge on any atom is -0.478 e. The van der Waals surface area contributed by atoms with Crippen molar-refractivity contribution in [1.82, 2.24) is 10.2 Å².